The van der Waals surface area contributed by atoms with Crippen molar-refractivity contribution in [1.29, 1.82) is 0 Å². The third kappa shape index (κ3) is 4.79. The number of piperidine rings is 1. The topological polar surface area (TPSA) is 32.3 Å². The maximum Gasteiger partial charge on any atom is 0.248 e. The molecule has 1 aromatic carbocycles. The van der Waals surface area contributed by atoms with Gasteiger partial charge in [-0.1, -0.05) is 24.6 Å². The molecule has 3 rings (SSSR count). The van der Waals surface area contributed by atoms with Gasteiger partial charge in [-0.05, 0) is 61.5 Å². The van der Waals surface area contributed by atoms with E-state index in [9.17, 15) is 4.79 Å². The van der Waals surface area contributed by atoms with E-state index in [1.54, 1.807) is 17.4 Å². The van der Waals surface area contributed by atoms with Crippen LogP contribution < -0.4 is 5.32 Å². The lowest BCUT2D eigenvalue weighted by atomic mass is 10.0. The number of nitrogens with one attached hydrogen (secondary N) is 1. The molecule has 1 unspecified atom stereocenters. The van der Waals surface area contributed by atoms with Gasteiger partial charge in [-0.25, -0.2) is 0 Å². The summed E-state index contributed by atoms with van der Waals surface area (Å²) in [5, 5.41) is 4.91. The number of nitrogens with zero attached hydrogens (tertiary/aromatic N) is 1. The number of hydrogen-bond acceptors (Lipinski definition) is 3. The molecule has 3 nitrogen and oxygen atoms in total. The fourth-order valence-electron chi connectivity index (χ4n) is 3.05. The second-order valence-corrected chi connectivity index (χ2v) is 7.33. The highest BCUT2D eigenvalue weighted by Crippen LogP contribution is 2.20. The van der Waals surface area contributed by atoms with E-state index in [1.165, 1.54) is 31.4 Å². The standard InChI is InChI=1S/C20H24N2OS/c1-16-5-2-3-13-22(16)15-17-7-9-18(10-8-17)21-20(23)12-11-19-6-4-14-24-19/h4,6-12,14,16H,2-3,5,13,15H2,1H3,(H,21,23)/b12-11+. The predicted octanol–water partition coefficient (Wildman–Crippen LogP) is 4.77. The normalized spacial score (nSPS) is 18.8. The molecule has 1 aliphatic heterocycles. The van der Waals surface area contributed by atoms with E-state index in [-0.39, 0.29) is 5.91 Å². The van der Waals surface area contributed by atoms with Crippen molar-refractivity contribution in [1.82, 2.24) is 4.90 Å². The molecular weight excluding hydrogens is 316 g/mol. The summed E-state index contributed by atoms with van der Waals surface area (Å²) >= 11 is 1.62. The van der Waals surface area contributed by atoms with Crippen LogP contribution in [0.15, 0.2) is 47.9 Å². The number of anilines is 1. The van der Waals surface area contributed by atoms with E-state index in [4.69, 9.17) is 0 Å². The number of rotatable bonds is 5. The Morgan fingerprint density at radius 2 is 2.12 bits per heavy atom. The van der Waals surface area contributed by atoms with Crippen LogP contribution in [0.4, 0.5) is 5.69 Å². The zero-order chi connectivity index (χ0) is 16.8. The van der Waals surface area contributed by atoms with E-state index in [0.717, 1.165) is 17.1 Å². The first kappa shape index (κ1) is 16.9. The molecule has 1 fully saturated rings. The third-order valence-corrected chi connectivity index (χ3v) is 5.33. The molecule has 1 saturated heterocycles. The van der Waals surface area contributed by atoms with Gasteiger partial charge in [0.1, 0.15) is 0 Å². The van der Waals surface area contributed by atoms with Gasteiger partial charge in [0.15, 0.2) is 0 Å². The van der Waals surface area contributed by atoms with Gasteiger partial charge in [-0.3, -0.25) is 9.69 Å². The van der Waals surface area contributed by atoms with Crippen LogP contribution in [-0.2, 0) is 11.3 Å². The number of hydrogen-bond donors (Lipinski definition) is 1. The van der Waals surface area contributed by atoms with E-state index < -0.39 is 0 Å². The van der Waals surface area contributed by atoms with Gasteiger partial charge in [0, 0.05) is 29.2 Å². The van der Waals surface area contributed by atoms with Crippen molar-refractivity contribution < 1.29 is 4.79 Å². The summed E-state index contributed by atoms with van der Waals surface area (Å²) in [4.78, 5) is 15.6. The highest BCUT2D eigenvalue weighted by molar-refractivity contribution is 7.10. The van der Waals surface area contributed by atoms with E-state index in [0.29, 0.717) is 6.04 Å². The Labute approximate surface area is 148 Å². The van der Waals surface area contributed by atoms with Gasteiger partial charge in [0.25, 0.3) is 0 Å². The van der Waals surface area contributed by atoms with E-state index in [1.807, 2.05) is 35.7 Å². The second-order valence-electron chi connectivity index (χ2n) is 6.35. The van der Waals surface area contributed by atoms with E-state index in [2.05, 4.69) is 29.3 Å². The van der Waals surface area contributed by atoms with Crippen molar-refractivity contribution in [3.05, 3.63) is 58.3 Å². The first-order valence-electron chi connectivity index (χ1n) is 8.56. The molecule has 2 heterocycles. The maximum absolute atomic E-state index is 12.0. The minimum Gasteiger partial charge on any atom is -0.323 e. The highest BCUT2D eigenvalue weighted by atomic mass is 32.1. The molecule has 1 aliphatic rings. The fraction of sp³-hybridized carbons (Fsp3) is 0.350. The number of thiophene rings is 1. The smallest absolute Gasteiger partial charge is 0.248 e. The lowest BCUT2D eigenvalue weighted by molar-refractivity contribution is -0.111. The minimum absolute atomic E-state index is 0.0965. The maximum atomic E-state index is 12.0. The van der Waals surface area contributed by atoms with Crippen LogP contribution in [0.2, 0.25) is 0 Å². The monoisotopic (exact) mass is 340 g/mol. The second kappa shape index (κ2) is 8.27. The Hall–Kier alpha value is -1.91. The minimum atomic E-state index is -0.0965. The lowest BCUT2D eigenvalue weighted by Crippen LogP contribution is -2.36. The van der Waals surface area contributed by atoms with Crippen molar-refractivity contribution >= 4 is 29.0 Å². The van der Waals surface area contributed by atoms with Crippen molar-refractivity contribution in [3.63, 3.8) is 0 Å². The Balaban J connectivity index is 1.53. The average molecular weight is 340 g/mol. The number of benzene rings is 1. The number of carbonyl (C=O) groups excluding carboxylic acids is 1. The Bertz CT molecular complexity index is 676. The summed E-state index contributed by atoms with van der Waals surface area (Å²) in [5.41, 5.74) is 2.14. The van der Waals surface area contributed by atoms with Crippen LogP contribution in [0.1, 0.15) is 36.6 Å². The molecule has 126 valence electrons. The van der Waals surface area contributed by atoms with Crippen molar-refractivity contribution in [2.75, 3.05) is 11.9 Å². The van der Waals surface area contributed by atoms with Crippen molar-refractivity contribution in [2.45, 2.75) is 38.8 Å². The summed E-state index contributed by atoms with van der Waals surface area (Å²) in [6.45, 7) is 4.49. The lowest BCUT2D eigenvalue weighted by Gasteiger charge is -2.33. The summed E-state index contributed by atoms with van der Waals surface area (Å²) < 4.78 is 0. The van der Waals surface area contributed by atoms with Crippen LogP contribution in [0.3, 0.4) is 0 Å². The molecule has 1 aromatic heterocycles. The summed E-state index contributed by atoms with van der Waals surface area (Å²) in [7, 11) is 0. The van der Waals surface area contributed by atoms with Gasteiger partial charge in [0.2, 0.25) is 5.91 Å². The van der Waals surface area contributed by atoms with Crippen molar-refractivity contribution in [3.8, 4) is 0 Å². The molecule has 1 N–H and O–H groups in total. The molecule has 24 heavy (non-hydrogen) atoms. The number of likely N-dealkylation sites (tertiary alicyclic amines) is 1. The van der Waals surface area contributed by atoms with Gasteiger partial charge in [-0.2, -0.15) is 0 Å². The Morgan fingerprint density at radius 1 is 1.29 bits per heavy atom. The molecule has 4 heteroatoms. The molecule has 0 aliphatic carbocycles. The van der Waals surface area contributed by atoms with Gasteiger partial charge in [0.05, 0.1) is 0 Å². The zero-order valence-electron chi connectivity index (χ0n) is 14.1. The molecule has 1 atom stereocenters. The summed E-state index contributed by atoms with van der Waals surface area (Å²) in [6, 6.07) is 12.8. The SMILES string of the molecule is CC1CCCCN1Cc1ccc(NC(=O)/C=C/c2cccs2)cc1. The van der Waals surface area contributed by atoms with Crippen LogP contribution in [0, 0.1) is 0 Å². The van der Waals surface area contributed by atoms with Gasteiger partial charge in [-0.15, -0.1) is 11.3 Å². The van der Waals surface area contributed by atoms with Crippen LogP contribution in [-0.4, -0.2) is 23.4 Å². The predicted molar refractivity (Wildman–Crippen MR) is 102 cm³/mol. The quantitative estimate of drug-likeness (QED) is 0.795. The molecule has 1 amide bonds. The van der Waals surface area contributed by atoms with Crippen LogP contribution in [0.5, 0.6) is 0 Å². The molecular formula is C20H24N2OS. The molecule has 0 spiro atoms. The zero-order valence-corrected chi connectivity index (χ0v) is 14.9. The number of carbonyl (C=O) groups is 1. The molecule has 0 radical (unpaired) electrons. The Morgan fingerprint density at radius 3 is 2.83 bits per heavy atom. The van der Waals surface area contributed by atoms with Gasteiger partial charge < -0.3 is 5.32 Å². The van der Waals surface area contributed by atoms with E-state index >= 15 is 0 Å². The highest BCUT2D eigenvalue weighted by Gasteiger charge is 2.17. The molecule has 0 bridgehead atoms. The molecule has 0 saturated carbocycles. The first-order chi connectivity index (χ1) is 11.7. The first-order valence-corrected chi connectivity index (χ1v) is 9.44. The fourth-order valence-corrected chi connectivity index (χ4v) is 3.67. The number of amides is 1. The largest absolute Gasteiger partial charge is 0.323 e. The summed E-state index contributed by atoms with van der Waals surface area (Å²) in [6.07, 6.45) is 7.36. The van der Waals surface area contributed by atoms with Gasteiger partial charge >= 0.3 is 0 Å². The van der Waals surface area contributed by atoms with Crippen LogP contribution in [0.25, 0.3) is 6.08 Å². The van der Waals surface area contributed by atoms with Crippen LogP contribution >= 0.6 is 11.3 Å². The molecule has 2 aromatic rings. The Kier molecular flexibility index (Phi) is 5.83. The third-order valence-electron chi connectivity index (χ3n) is 4.49. The van der Waals surface area contributed by atoms with Crippen molar-refractivity contribution in [2.24, 2.45) is 0 Å². The summed E-state index contributed by atoms with van der Waals surface area (Å²) in [5.74, 6) is -0.0965. The average Bonchev–Trinajstić information content (AvgIpc) is 3.10.